The Kier molecular flexibility index (Phi) is 4.58. The molecule has 0 unspecified atom stereocenters. The Balaban J connectivity index is 1.73. The van der Waals surface area contributed by atoms with Crippen molar-refractivity contribution in [3.8, 4) is 0 Å². The molecule has 124 valence electrons. The fraction of sp³-hybridized carbons (Fsp3) is 0.263. The lowest BCUT2D eigenvalue weighted by Crippen LogP contribution is -2.28. The van der Waals surface area contributed by atoms with Gasteiger partial charge in [0.05, 0.1) is 16.6 Å². The lowest BCUT2D eigenvalue weighted by Gasteiger charge is -2.18. The summed E-state index contributed by atoms with van der Waals surface area (Å²) in [5.74, 6) is -0.596. The Hall–Kier alpha value is -2.33. The minimum absolute atomic E-state index is 0.0799. The number of hydrogen-bond acceptors (Lipinski definition) is 2. The van der Waals surface area contributed by atoms with Crippen molar-refractivity contribution in [2.45, 2.75) is 20.3 Å². The first-order valence-corrected chi connectivity index (χ1v) is 8.26. The monoisotopic (exact) mass is 342 g/mol. The number of halogens is 1. The second kappa shape index (κ2) is 6.65. The van der Waals surface area contributed by atoms with Crippen LogP contribution in [0.1, 0.15) is 17.5 Å². The Morgan fingerprint density at radius 1 is 1.17 bits per heavy atom. The topological polar surface area (TPSA) is 49.4 Å². The first kappa shape index (κ1) is 16.5. The van der Waals surface area contributed by atoms with Gasteiger partial charge in [-0.05, 0) is 49.2 Å². The van der Waals surface area contributed by atoms with Gasteiger partial charge in [-0.2, -0.15) is 0 Å². The molecule has 1 saturated heterocycles. The van der Waals surface area contributed by atoms with Gasteiger partial charge in [-0.3, -0.25) is 9.59 Å². The predicted octanol–water partition coefficient (Wildman–Crippen LogP) is 3.95. The van der Waals surface area contributed by atoms with Crippen molar-refractivity contribution in [1.29, 1.82) is 0 Å². The summed E-state index contributed by atoms with van der Waals surface area (Å²) in [4.78, 5) is 26.4. The fourth-order valence-electron chi connectivity index (χ4n) is 3.08. The minimum Gasteiger partial charge on any atom is -0.326 e. The van der Waals surface area contributed by atoms with E-state index in [0.717, 1.165) is 16.8 Å². The second-order valence-corrected chi connectivity index (χ2v) is 6.63. The van der Waals surface area contributed by atoms with E-state index < -0.39 is 0 Å². The van der Waals surface area contributed by atoms with E-state index in [4.69, 9.17) is 11.6 Å². The third-order valence-electron chi connectivity index (χ3n) is 4.13. The summed E-state index contributed by atoms with van der Waals surface area (Å²) in [5.41, 5.74) is 3.60. The zero-order chi connectivity index (χ0) is 17.3. The number of nitrogens with one attached hydrogen (secondary N) is 1. The van der Waals surface area contributed by atoms with Gasteiger partial charge < -0.3 is 10.2 Å². The molecule has 0 aliphatic carbocycles. The summed E-state index contributed by atoms with van der Waals surface area (Å²) in [6.45, 7) is 4.32. The number of aryl methyl sites for hydroxylation is 2. The first-order chi connectivity index (χ1) is 11.4. The van der Waals surface area contributed by atoms with Crippen molar-refractivity contribution in [1.82, 2.24) is 0 Å². The molecule has 0 saturated carbocycles. The molecule has 0 bridgehead atoms. The molecule has 2 amide bonds. The van der Waals surface area contributed by atoms with Crippen LogP contribution in [0.25, 0.3) is 0 Å². The summed E-state index contributed by atoms with van der Waals surface area (Å²) >= 11 is 6.17. The van der Waals surface area contributed by atoms with Gasteiger partial charge in [0.1, 0.15) is 0 Å². The number of carbonyl (C=O) groups is 2. The maximum Gasteiger partial charge on any atom is 0.229 e. The summed E-state index contributed by atoms with van der Waals surface area (Å²) < 4.78 is 0. The van der Waals surface area contributed by atoms with Crippen LogP contribution in [0, 0.1) is 19.8 Å². The van der Waals surface area contributed by atoms with Crippen molar-refractivity contribution < 1.29 is 9.59 Å². The molecule has 24 heavy (non-hydrogen) atoms. The van der Waals surface area contributed by atoms with Crippen LogP contribution in [-0.2, 0) is 9.59 Å². The predicted molar refractivity (Wildman–Crippen MR) is 96.5 cm³/mol. The van der Waals surface area contributed by atoms with E-state index in [1.807, 2.05) is 44.2 Å². The molecule has 3 rings (SSSR count). The molecule has 0 spiro atoms. The zero-order valence-corrected chi connectivity index (χ0v) is 14.4. The SMILES string of the molecule is Cc1cc(C)cc(NC(=O)[C@H]2CC(=O)N(c3ccccc3Cl)C2)c1. The molecular weight excluding hydrogens is 324 g/mol. The zero-order valence-electron chi connectivity index (χ0n) is 13.7. The van der Waals surface area contributed by atoms with Crippen molar-refractivity contribution in [3.05, 3.63) is 58.6 Å². The van der Waals surface area contributed by atoms with E-state index in [1.54, 1.807) is 17.0 Å². The number of rotatable bonds is 3. The van der Waals surface area contributed by atoms with E-state index in [2.05, 4.69) is 5.32 Å². The van der Waals surface area contributed by atoms with Gasteiger partial charge in [0, 0.05) is 18.7 Å². The molecule has 1 heterocycles. The lowest BCUT2D eigenvalue weighted by molar-refractivity contribution is -0.122. The average Bonchev–Trinajstić information content (AvgIpc) is 2.88. The van der Waals surface area contributed by atoms with Crippen molar-refractivity contribution in [3.63, 3.8) is 0 Å². The van der Waals surface area contributed by atoms with Gasteiger partial charge in [-0.25, -0.2) is 0 Å². The quantitative estimate of drug-likeness (QED) is 0.918. The lowest BCUT2D eigenvalue weighted by atomic mass is 10.1. The molecule has 2 aromatic rings. The van der Waals surface area contributed by atoms with E-state index >= 15 is 0 Å². The van der Waals surface area contributed by atoms with Crippen LogP contribution in [0.3, 0.4) is 0 Å². The maximum absolute atomic E-state index is 12.5. The van der Waals surface area contributed by atoms with Gasteiger partial charge in [0.25, 0.3) is 0 Å². The van der Waals surface area contributed by atoms with Gasteiger partial charge in [-0.1, -0.05) is 29.8 Å². The minimum atomic E-state index is -0.380. The molecule has 1 aliphatic rings. The molecule has 1 fully saturated rings. The number of amides is 2. The van der Waals surface area contributed by atoms with Crippen LogP contribution >= 0.6 is 11.6 Å². The van der Waals surface area contributed by atoms with Crippen molar-refractivity contribution >= 4 is 34.8 Å². The molecule has 4 nitrogen and oxygen atoms in total. The van der Waals surface area contributed by atoms with Gasteiger partial charge in [0.15, 0.2) is 0 Å². The third-order valence-corrected chi connectivity index (χ3v) is 4.45. The Labute approximate surface area is 146 Å². The standard InChI is InChI=1S/C19H19ClN2O2/c1-12-7-13(2)9-15(8-12)21-19(24)14-10-18(23)22(11-14)17-6-4-3-5-16(17)20/h3-9,14H,10-11H2,1-2H3,(H,21,24)/t14-/m0/s1. The molecule has 2 aromatic carbocycles. The molecular formula is C19H19ClN2O2. The van der Waals surface area contributed by atoms with E-state index in [9.17, 15) is 9.59 Å². The van der Waals surface area contributed by atoms with E-state index in [1.165, 1.54) is 0 Å². The number of nitrogens with zero attached hydrogens (tertiary/aromatic N) is 1. The number of benzene rings is 2. The van der Waals surface area contributed by atoms with E-state index in [0.29, 0.717) is 17.3 Å². The maximum atomic E-state index is 12.5. The van der Waals surface area contributed by atoms with Crippen molar-refractivity contribution in [2.75, 3.05) is 16.8 Å². The average molecular weight is 343 g/mol. The van der Waals surface area contributed by atoms with Crippen LogP contribution in [-0.4, -0.2) is 18.4 Å². The van der Waals surface area contributed by atoms with Crippen LogP contribution in [0.4, 0.5) is 11.4 Å². The summed E-state index contributed by atoms with van der Waals surface area (Å²) in [6.07, 6.45) is 0.196. The van der Waals surface area contributed by atoms with Crippen LogP contribution < -0.4 is 10.2 Å². The molecule has 1 atom stereocenters. The Morgan fingerprint density at radius 3 is 2.50 bits per heavy atom. The highest BCUT2D eigenvalue weighted by Gasteiger charge is 2.35. The van der Waals surface area contributed by atoms with Crippen LogP contribution in [0.5, 0.6) is 0 Å². The Bertz CT molecular complexity index is 783. The molecule has 0 radical (unpaired) electrons. The van der Waals surface area contributed by atoms with Gasteiger partial charge in [0.2, 0.25) is 11.8 Å². The highest BCUT2D eigenvalue weighted by molar-refractivity contribution is 6.33. The first-order valence-electron chi connectivity index (χ1n) is 7.88. The fourth-order valence-corrected chi connectivity index (χ4v) is 3.32. The molecule has 5 heteroatoms. The van der Waals surface area contributed by atoms with Crippen molar-refractivity contribution in [2.24, 2.45) is 5.92 Å². The smallest absolute Gasteiger partial charge is 0.229 e. The van der Waals surface area contributed by atoms with Gasteiger partial charge in [-0.15, -0.1) is 0 Å². The third kappa shape index (κ3) is 3.44. The van der Waals surface area contributed by atoms with Crippen LogP contribution in [0.2, 0.25) is 5.02 Å². The summed E-state index contributed by atoms with van der Waals surface area (Å²) in [5, 5.41) is 3.44. The number of hydrogen-bond donors (Lipinski definition) is 1. The second-order valence-electron chi connectivity index (χ2n) is 6.22. The highest BCUT2D eigenvalue weighted by Crippen LogP contribution is 2.31. The molecule has 1 aliphatic heterocycles. The summed E-state index contributed by atoms with van der Waals surface area (Å²) in [6, 6.07) is 13.1. The Morgan fingerprint density at radius 2 is 1.83 bits per heavy atom. The van der Waals surface area contributed by atoms with E-state index in [-0.39, 0.29) is 24.2 Å². The van der Waals surface area contributed by atoms with Gasteiger partial charge >= 0.3 is 0 Å². The summed E-state index contributed by atoms with van der Waals surface area (Å²) in [7, 11) is 0. The molecule has 0 aromatic heterocycles. The number of anilines is 2. The highest BCUT2D eigenvalue weighted by atomic mass is 35.5. The largest absolute Gasteiger partial charge is 0.326 e. The number of para-hydroxylation sites is 1. The normalized spacial score (nSPS) is 17.2. The molecule has 1 N–H and O–H groups in total. The van der Waals surface area contributed by atoms with Crippen LogP contribution in [0.15, 0.2) is 42.5 Å². The number of carbonyl (C=O) groups excluding carboxylic acids is 2.